The summed E-state index contributed by atoms with van der Waals surface area (Å²) in [4.78, 5) is 0. The third kappa shape index (κ3) is 1.35. The molecule has 0 aliphatic heterocycles. The Morgan fingerprint density at radius 3 is 2.86 bits per heavy atom. The molecule has 1 aromatic carbocycles. The summed E-state index contributed by atoms with van der Waals surface area (Å²) in [5, 5.41) is 9.05. The summed E-state index contributed by atoms with van der Waals surface area (Å²) in [5.74, 6) is -2.61. The van der Waals surface area contributed by atoms with Crippen LogP contribution in [0.4, 0.5) is 8.78 Å². The monoisotopic (exact) mass is 199 g/mol. The quantitative estimate of drug-likeness (QED) is 0.665. The Kier molecular flexibility index (Phi) is 2.15. The van der Waals surface area contributed by atoms with E-state index in [1.807, 2.05) is 0 Å². The maximum absolute atomic E-state index is 13.3. The summed E-state index contributed by atoms with van der Waals surface area (Å²) in [6.07, 6.45) is 1.62. The van der Waals surface area contributed by atoms with Gasteiger partial charge in [0.05, 0.1) is 0 Å². The maximum atomic E-state index is 13.3. The van der Waals surface area contributed by atoms with Crippen LogP contribution in [0.5, 0.6) is 5.75 Å². The number of rotatable bonds is 0. The van der Waals surface area contributed by atoms with E-state index in [9.17, 15) is 8.78 Å². The van der Waals surface area contributed by atoms with Crippen molar-refractivity contribution in [3.05, 3.63) is 28.8 Å². The molecule has 1 aliphatic rings. The molecule has 0 saturated carbocycles. The Hall–Kier alpha value is -1.16. The molecule has 2 nitrogen and oxygen atoms in total. The van der Waals surface area contributed by atoms with Gasteiger partial charge in [0.1, 0.15) is 0 Å². The van der Waals surface area contributed by atoms with Gasteiger partial charge in [-0.3, -0.25) is 0 Å². The second-order valence-corrected chi connectivity index (χ2v) is 3.66. The Labute approximate surface area is 80.4 Å². The van der Waals surface area contributed by atoms with Crippen molar-refractivity contribution in [3.63, 3.8) is 0 Å². The molecule has 1 unspecified atom stereocenters. The normalized spacial score (nSPS) is 20.6. The Bertz CT molecular complexity index is 379. The zero-order chi connectivity index (χ0) is 10.3. The zero-order valence-electron chi connectivity index (χ0n) is 7.56. The van der Waals surface area contributed by atoms with Gasteiger partial charge in [-0.05, 0) is 36.5 Å². The van der Waals surface area contributed by atoms with Crippen LogP contribution in [0.2, 0.25) is 0 Å². The second kappa shape index (κ2) is 3.20. The highest BCUT2D eigenvalue weighted by Crippen LogP contribution is 2.30. The van der Waals surface area contributed by atoms with Crippen molar-refractivity contribution in [2.75, 3.05) is 0 Å². The first-order chi connectivity index (χ1) is 6.59. The van der Waals surface area contributed by atoms with Crippen LogP contribution in [0.15, 0.2) is 6.07 Å². The van der Waals surface area contributed by atoms with E-state index < -0.39 is 17.4 Å². The number of benzene rings is 1. The van der Waals surface area contributed by atoms with Crippen molar-refractivity contribution in [1.82, 2.24) is 0 Å². The molecule has 14 heavy (non-hydrogen) atoms. The van der Waals surface area contributed by atoms with Gasteiger partial charge in [0.2, 0.25) is 0 Å². The molecule has 0 radical (unpaired) electrons. The minimum atomic E-state index is -0.907. The smallest absolute Gasteiger partial charge is 0.188 e. The minimum Gasteiger partial charge on any atom is -0.503 e. The van der Waals surface area contributed by atoms with Crippen LogP contribution in [-0.4, -0.2) is 11.1 Å². The van der Waals surface area contributed by atoms with Crippen LogP contribution in [0.1, 0.15) is 17.5 Å². The molecule has 3 N–H and O–H groups in total. The summed E-state index contributed by atoms with van der Waals surface area (Å²) >= 11 is 0. The first-order valence-electron chi connectivity index (χ1n) is 4.54. The van der Waals surface area contributed by atoms with Gasteiger partial charge in [0, 0.05) is 6.04 Å². The molecule has 0 spiro atoms. The van der Waals surface area contributed by atoms with E-state index in [-0.39, 0.29) is 6.04 Å². The Morgan fingerprint density at radius 1 is 1.43 bits per heavy atom. The molecule has 0 amide bonds. The van der Waals surface area contributed by atoms with E-state index >= 15 is 0 Å². The predicted octanol–water partition coefficient (Wildman–Crippen LogP) is 1.49. The average Bonchev–Trinajstić information content (AvgIpc) is 2.14. The summed E-state index contributed by atoms with van der Waals surface area (Å²) in [5.41, 5.74) is 6.67. The van der Waals surface area contributed by atoms with Crippen LogP contribution in [0.3, 0.4) is 0 Å². The van der Waals surface area contributed by atoms with E-state index in [0.717, 1.165) is 0 Å². The molecule has 76 valence electrons. The van der Waals surface area contributed by atoms with Crippen molar-refractivity contribution in [2.24, 2.45) is 5.73 Å². The van der Waals surface area contributed by atoms with Crippen LogP contribution < -0.4 is 5.73 Å². The molecule has 0 saturated heterocycles. The lowest BCUT2D eigenvalue weighted by atomic mass is 9.88. The third-order valence-corrected chi connectivity index (χ3v) is 2.63. The lowest BCUT2D eigenvalue weighted by Gasteiger charge is -2.22. The minimum absolute atomic E-state index is 0.0363. The standard InChI is InChI=1S/C10H11F2NO/c11-8-4-5-3-6(13)1-2-7(5)9(12)10(8)14/h4,6,14H,1-3,13H2. The average molecular weight is 199 g/mol. The number of halogens is 2. The SMILES string of the molecule is NC1CCc2c(cc(F)c(O)c2F)C1. The highest BCUT2D eigenvalue weighted by Gasteiger charge is 2.23. The van der Waals surface area contributed by atoms with Gasteiger partial charge in [-0.15, -0.1) is 0 Å². The molecule has 1 aromatic rings. The summed E-state index contributed by atoms with van der Waals surface area (Å²) in [6, 6.07) is 1.14. The number of aromatic hydroxyl groups is 1. The van der Waals surface area contributed by atoms with E-state index in [0.29, 0.717) is 30.4 Å². The van der Waals surface area contributed by atoms with Gasteiger partial charge < -0.3 is 10.8 Å². The predicted molar refractivity (Wildman–Crippen MR) is 48.0 cm³/mol. The lowest BCUT2D eigenvalue weighted by molar-refractivity contribution is 0.387. The van der Waals surface area contributed by atoms with Crippen LogP contribution in [0.25, 0.3) is 0 Å². The van der Waals surface area contributed by atoms with Crippen molar-refractivity contribution < 1.29 is 13.9 Å². The van der Waals surface area contributed by atoms with Gasteiger partial charge in [-0.1, -0.05) is 0 Å². The number of phenols is 1. The fraction of sp³-hybridized carbons (Fsp3) is 0.400. The molecule has 0 heterocycles. The summed E-state index contributed by atoms with van der Waals surface area (Å²) in [6.45, 7) is 0. The molecule has 4 heteroatoms. The van der Waals surface area contributed by atoms with Gasteiger partial charge in [0.15, 0.2) is 17.4 Å². The Morgan fingerprint density at radius 2 is 2.14 bits per heavy atom. The molecule has 2 rings (SSSR count). The van der Waals surface area contributed by atoms with E-state index in [2.05, 4.69) is 0 Å². The largest absolute Gasteiger partial charge is 0.503 e. The van der Waals surface area contributed by atoms with Crippen molar-refractivity contribution >= 4 is 0 Å². The number of fused-ring (bicyclic) bond motifs is 1. The van der Waals surface area contributed by atoms with Crippen molar-refractivity contribution in [1.29, 1.82) is 0 Å². The molecule has 0 bridgehead atoms. The first-order valence-corrected chi connectivity index (χ1v) is 4.54. The van der Waals surface area contributed by atoms with Crippen molar-refractivity contribution in [3.8, 4) is 5.75 Å². The summed E-state index contributed by atoms with van der Waals surface area (Å²) in [7, 11) is 0. The van der Waals surface area contributed by atoms with E-state index in [1.54, 1.807) is 0 Å². The van der Waals surface area contributed by atoms with E-state index in [1.165, 1.54) is 6.07 Å². The molecule has 0 aromatic heterocycles. The number of phenolic OH excluding ortho intramolecular Hbond substituents is 1. The third-order valence-electron chi connectivity index (χ3n) is 2.63. The fourth-order valence-corrected chi connectivity index (χ4v) is 1.86. The highest BCUT2D eigenvalue weighted by atomic mass is 19.1. The van der Waals surface area contributed by atoms with Crippen LogP contribution in [0, 0.1) is 11.6 Å². The number of hydrogen-bond acceptors (Lipinski definition) is 2. The van der Waals surface area contributed by atoms with Gasteiger partial charge in [-0.25, -0.2) is 8.78 Å². The topological polar surface area (TPSA) is 46.2 Å². The first kappa shape index (κ1) is 9.40. The molecule has 1 aliphatic carbocycles. The van der Waals surface area contributed by atoms with Gasteiger partial charge in [-0.2, -0.15) is 0 Å². The lowest BCUT2D eigenvalue weighted by Crippen LogP contribution is -2.28. The van der Waals surface area contributed by atoms with Crippen molar-refractivity contribution in [2.45, 2.75) is 25.3 Å². The maximum Gasteiger partial charge on any atom is 0.188 e. The molecule has 1 atom stereocenters. The highest BCUT2D eigenvalue weighted by molar-refractivity contribution is 5.40. The fourth-order valence-electron chi connectivity index (χ4n) is 1.86. The van der Waals surface area contributed by atoms with E-state index in [4.69, 9.17) is 10.8 Å². The molecular weight excluding hydrogens is 188 g/mol. The number of nitrogens with two attached hydrogens (primary N) is 1. The van der Waals surface area contributed by atoms with Crippen LogP contribution in [-0.2, 0) is 12.8 Å². The van der Waals surface area contributed by atoms with Gasteiger partial charge in [0.25, 0.3) is 0 Å². The molecular formula is C10H11F2NO. The second-order valence-electron chi connectivity index (χ2n) is 3.66. The molecule has 0 fully saturated rings. The van der Waals surface area contributed by atoms with Crippen LogP contribution >= 0.6 is 0 Å². The zero-order valence-corrected chi connectivity index (χ0v) is 7.56. The number of hydrogen-bond donors (Lipinski definition) is 2. The summed E-state index contributed by atoms with van der Waals surface area (Å²) < 4.78 is 26.3. The Balaban J connectivity index is 2.54. The van der Waals surface area contributed by atoms with Gasteiger partial charge >= 0.3 is 0 Å².